The molecule has 0 radical (unpaired) electrons. The van der Waals surface area contributed by atoms with Crippen LogP contribution in [0.1, 0.15) is 18.2 Å². The molecule has 1 N–H and O–H groups in total. The third kappa shape index (κ3) is 5.15. The molecular formula is C27H23ClFN5O4S. The zero-order chi connectivity index (χ0) is 27.8. The molecular weight excluding hydrogens is 545 g/mol. The Morgan fingerprint density at radius 2 is 1.95 bits per heavy atom. The third-order valence-corrected chi connectivity index (χ3v) is 7.42. The molecule has 1 amide bonds. The number of thiazole rings is 1. The molecule has 0 bridgehead atoms. The molecule has 0 aliphatic rings. The summed E-state index contributed by atoms with van der Waals surface area (Å²) in [5.74, 6) is -0.476. The van der Waals surface area contributed by atoms with Gasteiger partial charge in [-0.25, -0.2) is 24.1 Å². The number of amides is 1. The summed E-state index contributed by atoms with van der Waals surface area (Å²) in [5.41, 5.74) is 4.39. The molecule has 0 fully saturated rings. The van der Waals surface area contributed by atoms with E-state index in [1.54, 1.807) is 26.0 Å². The van der Waals surface area contributed by atoms with E-state index in [9.17, 15) is 9.90 Å². The van der Waals surface area contributed by atoms with E-state index in [0.717, 1.165) is 21.7 Å². The summed E-state index contributed by atoms with van der Waals surface area (Å²) in [6.45, 7) is 5.28. The Hall–Kier alpha value is -4.09. The van der Waals surface area contributed by atoms with E-state index in [1.807, 2.05) is 19.1 Å². The molecule has 9 nitrogen and oxygen atoms in total. The quantitative estimate of drug-likeness (QED) is 0.232. The second-order valence-electron chi connectivity index (χ2n) is 8.93. The van der Waals surface area contributed by atoms with Crippen LogP contribution < -0.4 is 14.4 Å². The first-order valence-electron chi connectivity index (χ1n) is 11.8. The Balaban J connectivity index is 1.47. The predicted molar refractivity (Wildman–Crippen MR) is 149 cm³/mol. The van der Waals surface area contributed by atoms with Crippen LogP contribution in [0.15, 0.2) is 42.7 Å². The fourth-order valence-electron chi connectivity index (χ4n) is 4.15. The molecule has 5 rings (SSSR count). The van der Waals surface area contributed by atoms with Gasteiger partial charge in [0.2, 0.25) is 5.88 Å². The number of anilines is 1. The molecule has 2 aromatic carbocycles. The first-order chi connectivity index (χ1) is 18.7. The Kier molecular flexibility index (Phi) is 7.19. The van der Waals surface area contributed by atoms with Gasteiger partial charge < -0.3 is 14.6 Å². The molecule has 12 heteroatoms. The number of aromatic nitrogens is 4. The molecule has 5 aromatic rings. The number of fused-ring (bicyclic) bond motifs is 2. The van der Waals surface area contributed by atoms with Crippen LogP contribution >= 0.6 is 22.9 Å². The highest BCUT2D eigenvalue weighted by molar-refractivity contribution is 7.21. The minimum absolute atomic E-state index is 0.0967. The average Bonchev–Trinajstić information content (AvgIpc) is 3.34. The van der Waals surface area contributed by atoms with E-state index < -0.39 is 18.0 Å². The number of hydrogen-bond acceptors (Lipinski definition) is 8. The molecule has 0 aliphatic carbocycles. The van der Waals surface area contributed by atoms with Crippen LogP contribution in [-0.4, -0.2) is 50.9 Å². The maximum absolute atomic E-state index is 15.3. The van der Waals surface area contributed by atoms with Crippen molar-refractivity contribution in [3.63, 3.8) is 0 Å². The van der Waals surface area contributed by atoms with E-state index in [2.05, 4.69) is 19.9 Å². The summed E-state index contributed by atoms with van der Waals surface area (Å²) in [7, 11) is 1.52. The molecule has 39 heavy (non-hydrogen) atoms. The number of carboxylic acid groups (broad SMARTS) is 1. The Morgan fingerprint density at radius 1 is 1.15 bits per heavy atom. The van der Waals surface area contributed by atoms with Crippen molar-refractivity contribution in [2.45, 2.75) is 26.8 Å². The van der Waals surface area contributed by atoms with Crippen LogP contribution in [0.3, 0.4) is 0 Å². The second-order valence-corrected chi connectivity index (χ2v) is 10.3. The number of benzene rings is 2. The minimum Gasteiger partial charge on any atom is -0.488 e. The second kappa shape index (κ2) is 10.6. The lowest BCUT2D eigenvalue weighted by Gasteiger charge is -2.26. The van der Waals surface area contributed by atoms with Gasteiger partial charge in [-0.05, 0) is 50.6 Å². The summed E-state index contributed by atoms with van der Waals surface area (Å²) >= 11 is 7.70. The van der Waals surface area contributed by atoms with Crippen LogP contribution in [0.25, 0.3) is 31.8 Å². The zero-order valence-electron chi connectivity index (χ0n) is 21.4. The molecule has 0 saturated heterocycles. The smallest absolute Gasteiger partial charge is 0.412 e. The summed E-state index contributed by atoms with van der Waals surface area (Å²) in [6.07, 6.45) is 1.82. The molecule has 3 heterocycles. The number of carbonyl (C=O) groups is 1. The van der Waals surface area contributed by atoms with Gasteiger partial charge in [-0.1, -0.05) is 11.6 Å². The van der Waals surface area contributed by atoms with Gasteiger partial charge >= 0.3 is 6.09 Å². The van der Waals surface area contributed by atoms with Crippen LogP contribution in [0.5, 0.6) is 11.6 Å². The van der Waals surface area contributed by atoms with E-state index >= 15 is 4.39 Å². The van der Waals surface area contributed by atoms with Crippen molar-refractivity contribution < 1.29 is 23.8 Å². The summed E-state index contributed by atoms with van der Waals surface area (Å²) in [5, 5.41) is 10.2. The molecule has 3 aromatic heterocycles. The minimum atomic E-state index is -1.18. The van der Waals surface area contributed by atoms with Gasteiger partial charge in [0, 0.05) is 17.3 Å². The topological polar surface area (TPSA) is 111 Å². The van der Waals surface area contributed by atoms with Crippen LogP contribution in [0, 0.1) is 19.7 Å². The van der Waals surface area contributed by atoms with Gasteiger partial charge in [0.05, 0.1) is 47.0 Å². The summed E-state index contributed by atoms with van der Waals surface area (Å²) in [4.78, 5) is 30.8. The lowest BCUT2D eigenvalue weighted by Crippen LogP contribution is -2.41. The number of pyridine rings is 1. The number of ether oxygens (including phenoxy) is 2. The van der Waals surface area contributed by atoms with Gasteiger partial charge in [0.15, 0.2) is 11.6 Å². The molecule has 1 unspecified atom stereocenters. The Morgan fingerprint density at radius 3 is 2.64 bits per heavy atom. The Labute approximate surface area is 231 Å². The van der Waals surface area contributed by atoms with Crippen molar-refractivity contribution in [2.24, 2.45) is 0 Å². The van der Waals surface area contributed by atoms with Crippen molar-refractivity contribution in [2.75, 3.05) is 18.6 Å². The van der Waals surface area contributed by atoms with Gasteiger partial charge in [-0.2, -0.15) is 0 Å². The molecule has 0 saturated carbocycles. The monoisotopic (exact) mass is 567 g/mol. The fraction of sp³-hybridized carbons (Fsp3) is 0.222. The maximum Gasteiger partial charge on any atom is 0.412 e. The third-order valence-electron chi connectivity index (χ3n) is 6.04. The summed E-state index contributed by atoms with van der Waals surface area (Å²) in [6, 6.07) is 8.08. The van der Waals surface area contributed by atoms with Gasteiger partial charge in [-0.15, -0.1) is 11.3 Å². The van der Waals surface area contributed by atoms with Crippen molar-refractivity contribution in [3.8, 4) is 22.2 Å². The molecule has 1 atom stereocenters. The lowest BCUT2D eigenvalue weighted by molar-refractivity contribution is 0.194. The predicted octanol–water partition coefficient (Wildman–Crippen LogP) is 6.67. The number of aryl methyl sites for hydroxylation is 2. The summed E-state index contributed by atoms with van der Waals surface area (Å²) < 4.78 is 26.8. The number of rotatable bonds is 7. The van der Waals surface area contributed by atoms with Gasteiger partial charge in [0.25, 0.3) is 0 Å². The highest BCUT2D eigenvalue weighted by Gasteiger charge is 2.24. The van der Waals surface area contributed by atoms with E-state index in [-0.39, 0.29) is 17.4 Å². The van der Waals surface area contributed by atoms with Crippen LogP contribution in [0.4, 0.5) is 14.9 Å². The van der Waals surface area contributed by atoms with Crippen molar-refractivity contribution in [1.82, 2.24) is 19.9 Å². The zero-order valence-corrected chi connectivity index (χ0v) is 23.0. The van der Waals surface area contributed by atoms with E-state index in [4.69, 9.17) is 21.1 Å². The maximum atomic E-state index is 15.3. The van der Waals surface area contributed by atoms with Gasteiger partial charge in [-0.3, -0.25) is 9.88 Å². The average molecular weight is 568 g/mol. The van der Waals surface area contributed by atoms with E-state index in [1.165, 1.54) is 36.9 Å². The highest BCUT2D eigenvalue weighted by Crippen LogP contribution is 2.40. The number of halogens is 2. The first-order valence-corrected chi connectivity index (χ1v) is 13.0. The largest absolute Gasteiger partial charge is 0.488 e. The molecule has 0 spiro atoms. The lowest BCUT2D eigenvalue weighted by atomic mass is 10.1. The van der Waals surface area contributed by atoms with Crippen molar-refractivity contribution in [3.05, 3.63) is 64.8 Å². The highest BCUT2D eigenvalue weighted by atomic mass is 35.5. The van der Waals surface area contributed by atoms with Crippen molar-refractivity contribution in [1.29, 1.82) is 0 Å². The normalized spacial score (nSPS) is 12.1. The SMILES string of the molecule is COc1cnc2c(-c3nc4c(Cl)c(F)c(OCC(C)N(C(=O)O)c5ccc(C)nc5)cc4s3)cc(C)cc2n1. The number of hydrogen-bond donors (Lipinski definition) is 1. The Bertz CT molecular complexity index is 1710. The van der Waals surface area contributed by atoms with Crippen LogP contribution in [-0.2, 0) is 0 Å². The van der Waals surface area contributed by atoms with E-state index in [0.29, 0.717) is 37.8 Å². The number of nitrogens with zero attached hydrogens (tertiary/aromatic N) is 5. The molecule has 200 valence electrons. The fourth-order valence-corrected chi connectivity index (χ4v) is 5.47. The van der Waals surface area contributed by atoms with Crippen molar-refractivity contribution >= 4 is 56.0 Å². The standard InChI is InChI=1S/C27H23ClFN5O4S/c1-13-7-17(24-18(8-13)32-21(37-4)11-31-24)26-33-25-20(39-26)9-19(23(29)22(25)28)38-12-15(3)34(27(35)36)16-6-5-14(2)30-10-16/h5-11,15H,12H2,1-4H3,(H,35,36). The molecule has 0 aliphatic heterocycles. The van der Waals surface area contributed by atoms with Gasteiger partial charge in [0.1, 0.15) is 22.2 Å². The number of methoxy groups -OCH3 is 1. The van der Waals surface area contributed by atoms with Crippen LogP contribution in [0.2, 0.25) is 5.02 Å². The first kappa shape index (κ1) is 26.5.